The zero-order valence-electron chi connectivity index (χ0n) is 11.7. The maximum atomic E-state index is 13.4. The highest BCUT2D eigenvalue weighted by atomic mass is 19.2. The third kappa shape index (κ3) is 3.84. The molecule has 2 aromatic rings. The lowest BCUT2D eigenvalue weighted by atomic mass is 10.1. The van der Waals surface area contributed by atoms with Gasteiger partial charge in [-0.15, -0.1) is 0 Å². The van der Waals surface area contributed by atoms with Crippen molar-refractivity contribution in [3.8, 4) is 0 Å². The van der Waals surface area contributed by atoms with E-state index in [9.17, 15) is 13.6 Å². The van der Waals surface area contributed by atoms with Crippen LogP contribution in [0.4, 0.5) is 8.78 Å². The minimum Gasteiger partial charge on any atom is -0.345 e. The number of benzene rings is 1. The van der Waals surface area contributed by atoms with Gasteiger partial charge in [-0.1, -0.05) is 25.1 Å². The van der Waals surface area contributed by atoms with Gasteiger partial charge in [-0.3, -0.25) is 4.79 Å². The molecule has 2 rings (SSSR count). The fourth-order valence-corrected chi connectivity index (χ4v) is 1.73. The fourth-order valence-electron chi connectivity index (χ4n) is 1.73. The number of nitrogens with one attached hydrogen (secondary N) is 1. The minimum atomic E-state index is -1.18. The first-order valence-corrected chi connectivity index (χ1v) is 6.51. The maximum absolute atomic E-state index is 13.4. The number of amides is 1. The molecular formula is C14H15F2N3O2. The Morgan fingerprint density at radius 2 is 2.14 bits per heavy atom. The van der Waals surface area contributed by atoms with Crippen LogP contribution in [0.25, 0.3) is 0 Å². The zero-order valence-corrected chi connectivity index (χ0v) is 11.7. The van der Waals surface area contributed by atoms with Crippen molar-refractivity contribution in [3.63, 3.8) is 0 Å². The molecule has 0 aliphatic rings. The van der Waals surface area contributed by atoms with Gasteiger partial charge in [0.1, 0.15) is 0 Å². The van der Waals surface area contributed by atoms with Crippen molar-refractivity contribution in [2.24, 2.45) is 5.92 Å². The Hall–Kier alpha value is -2.31. The van der Waals surface area contributed by atoms with Crippen molar-refractivity contribution in [2.45, 2.75) is 26.8 Å². The standard InChI is InChI=1S/C14H15F2N3O2/c1-8(2)6-12-18-11(19-21-12)7-17-14(20)9-4-3-5-10(15)13(9)16/h3-5,8H,6-7H2,1-2H3,(H,17,20). The van der Waals surface area contributed by atoms with Crippen molar-refractivity contribution in [2.75, 3.05) is 0 Å². The van der Waals surface area contributed by atoms with Crippen molar-refractivity contribution in [3.05, 3.63) is 47.1 Å². The molecule has 1 heterocycles. The Morgan fingerprint density at radius 1 is 1.38 bits per heavy atom. The van der Waals surface area contributed by atoms with Crippen LogP contribution in [-0.2, 0) is 13.0 Å². The van der Waals surface area contributed by atoms with Crippen LogP contribution in [0.15, 0.2) is 22.7 Å². The van der Waals surface area contributed by atoms with Crippen LogP contribution >= 0.6 is 0 Å². The number of hydrogen-bond donors (Lipinski definition) is 1. The van der Waals surface area contributed by atoms with Gasteiger partial charge in [0.2, 0.25) is 5.89 Å². The van der Waals surface area contributed by atoms with Gasteiger partial charge in [-0.05, 0) is 18.1 Å². The molecule has 0 unspecified atom stereocenters. The molecule has 0 spiro atoms. The summed E-state index contributed by atoms with van der Waals surface area (Å²) in [6, 6.07) is 3.42. The van der Waals surface area contributed by atoms with Gasteiger partial charge in [0, 0.05) is 6.42 Å². The third-order valence-electron chi connectivity index (χ3n) is 2.70. The Balaban J connectivity index is 1.98. The van der Waals surface area contributed by atoms with Crippen LogP contribution in [0.2, 0.25) is 0 Å². The second kappa shape index (κ2) is 6.43. The molecule has 0 aliphatic heterocycles. The van der Waals surface area contributed by atoms with E-state index in [1.54, 1.807) is 0 Å². The van der Waals surface area contributed by atoms with E-state index in [2.05, 4.69) is 15.5 Å². The molecule has 0 aliphatic carbocycles. The molecule has 1 N–H and O–H groups in total. The molecule has 0 saturated heterocycles. The number of aromatic nitrogens is 2. The second-order valence-electron chi connectivity index (χ2n) is 4.99. The summed E-state index contributed by atoms with van der Waals surface area (Å²) in [6.45, 7) is 4.01. The maximum Gasteiger partial charge on any atom is 0.254 e. The fraction of sp³-hybridized carbons (Fsp3) is 0.357. The van der Waals surface area contributed by atoms with Crippen LogP contribution in [0, 0.1) is 17.6 Å². The molecule has 21 heavy (non-hydrogen) atoms. The summed E-state index contributed by atoms with van der Waals surface area (Å²) < 4.78 is 31.5. The number of halogens is 2. The quantitative estimate of drug-likeness (QED) is 0.920. The molecule has 112 valence electrons. The van der Waals surface area contributed by atoms with Crippen molar-refractivity contribution in [1.82, 2.24) is 15.5 Å². The van der Waals surface area contributed by atoms with Crippen LogP contribution in [-0.4, -0.2) is 16.0 Å². The molecule has 0 radical (unpaired) electrons. The Morgan fingerprint density at radius 3 is 2.86 bits per heavy atom. The molecule has 0 saturated carbocycles. The van der Waals surface area contributed by atoms with E-state index in [-0.39, 0.29) is 17.9 Å². The Bertz CT molecular complexity index is 641. The molecule has 0 bridgehead atoms. The summed E-state index contributed by atoms with van der Waals surface area (Å²) in [5.41, 5.74) is -0.360. The number of hydrogen-bond acceptors (Lipinski definition) is 4. The van der Waals surface area contributed by atoms with Crippen molar-refractivity contribution < 1.29 is 18.1 Å². The highest BCUT2D eigenvalue weighted by molar-refractivity contribution is 5.94. The topological polar surface area (TPSA) is 68.0 Å². The van der Waals surface area contributed by atoms with E-state index in [0.717, 1.165) is 6.07 Å². The monoisotopic (exact) mass is 295 g/mol. The number of rotatable bonds is 5. The van der Waals surface area contributed by atoms with Crippen LogP contribution < -0.4 is 5.32 Å². The smallest absolute Gasteiger partial charge is 0.254 e. The number of carbonyl (C=O) groups is 1. The van der Waals surface area contributed by atoms with Crippen LogP contribution in [0.3, 0.4) is 0 Å². The van der Waals surface area contributed by atoms with Gasteiger partial charge in [0.25, 0.3) is 5.91 Å². The Kier molecular flexibility index (Phi) is 4.62. The van der Waals surface area contributed by atoms with Gasteiger partial charge in [-0.2, -0.15) is 4.98 Å². The van der Waals surface area contributed by atoms with Gasteiger partial charge in [0.15, 0.2) is 17.5 Å². The van der Waals surface area contributed by atoms with E-state index in [0.29, 0.717) is 18.2 Å². The summed E-state index contributed by atoms with van der Waals surface area (Å²) in [5, 5.41) is 6.13. The normalized spacial score (nSPS) is 10.9. The van der Waals surface area contributed by atoms with Crippen molar-refractivity contribution in [1.29, 1.82) is 0 Å². The summed E-state index contributed by atoms with van der Waals surface area (Å²) in [6.07, 6.45) is 0.638. The third-order valence-corrected chi connectivity index (χ3v) is 2.70. The molecule has 0 fully saturated rings. The van der Waals surface area contributed by atoms with Gasteiger partial charge in [0.05, 0.1) is 12.1 Å². The molecule has 7 heteroatoms. The average molecular weight is 295 g/mol. The molecule has 0 atom stereocenters. The van der Waals surface area contributed by atoms with Gasteiger partial charge in [-0.25, -0.2) is 8.78 Å². The van der Waals surface area contributed by atoms with E-state index >= 15 is 0 Å². The van der Waals surface area contributed by atoms with E-state index < -0.39 is 17.5 Å². The molecule has 1 aromatic carbocycles. The first kappa shape index (κ1) is 15.1. The van der Waals surface area contributed by atoms with E-state index in [1.807, 2.05) is 13.8 Å². The highest BCUT2D eigenvalue weighted by Crippen LogP contribution is 2.11. The lowest BCUT2D eigenvalue weighted by Crippen LogP contribution is -2.24. The highest BCUT2D eigenvalue weighted by Gasteiger charge is 2.16. The predicted molar refractivity (Wildman–Crippen MR) is 70.4 cm³/mol. The molecule has 1 aromatic heterocycles. The number of carbonyl (C=O) groups excluding carboxylic acids is 1. The molecule has 5 nitrogen and oxygen atoms in total. The van der Waals surface area contributed by atoms with E-state index in [1.165, 1.54) is 12.1 Å². The lowest BCUT2D eigenvalue weighted by molar-refractivity contribution is 0.0944. The van der Waals surface area contributed by atoms with E-state index in [4.69, 9.17) is 4.52 Å². The molecular weight excluding hydrogens is 280 g/mol. The lowest BCUT2D eigenvalue weighted by Gasteiger charge is -2.04. The van der Waals surface area contributed by atoms with Crippen molar-refractivity contribution >= 4 is 5.91 Å². The second-order valence-corrected chi connectivity index (χ2v) is 4.99. The van der Waals surface area contributed by atoms with Gasteiger partial charge < -0.3 is 9.84 Å². The number of nitrogens with zero attached hydrogens (tertiary/aromatic N) is 2. The minimum absolute atomic E-state index is 0.0175. The Labute approximate surface area is 120 Å². The molecule has 1 amide bonds. The average Bonchev–Trinajstić information content (AvgIpc) is 2.86. The zero-order chi connectivity index (χ0) is 15.4. The summed E-state index contributed by atoms with van der Waals surface area (Å²) in [7, 11) is 0. The largest absolute Gasteiger partial charge is 0.345 e. The van der Waals surface area contributed by atoms with Gasteiger partial charge >= 0.3 is 0 Å². The van der Waals surface area contributed by atoms with Crippen LogP contribution in [0.5, 0.6) is 0 Å². The van der Waals surface area contributed by atoms with Crippen LogP contribution in [0.1, 0.15) is 35.9 Å². The first-order chi connectivity index (χ1) is 9.97. The SMILES string of the molecule is CC(C)Cc1nc(CNC(=O)c2cccc(F)c2F)no1. The summed E-state index contributed by atoms with van der Waals surface area (Å²) in [4.78, 5) is 15.9. The first-order valence-electron chi connectivity index (χ1n) is 6.51. The summed E-state index contributed by atoms with van der Waals surface area (Å²) in [5.74, 6) is -1.84. The summed E-state index contributed by atoms with van der Waals surface area (Å²) >= 11 is 0. The predicted octanol–water partition coefficient (Wildman–Crippen LogP) is 2.48.